The summed E-state index contributed by atoms with van der Waals surface area (Å²) >= 11 is 0. The van der Waals surface area contributed by atoms with Gasteiger partial charge in [-0.2, -0.15) is 0 Å². The van der Waals surface area contributed by atoms with E-state index in [0.29, 0.717) is 0 Å². The number of rotatable bonds is 8. The molecule has 3 rings (SSSR count). The number of halogens is 1. The Morgan fingerprint density at radius 1 is 0.966 bits per heavy atom. The lowest BCUT2D eigenvalue weighted by molar-refractivity contribution is 0.354. The molecule has 0 atom stereocenters. The quantitative estimate of drug-likeness (QED) is 0.324. The molecule has 29 heavy (non-hydrogen) atoms. The van der Waals surface area contributed by atoms with Crippen molar-refractivity contribution in [3.05, 3.63) is 53.1 Å². The molecule has 2 aromatic carbocycles. The maximum absolute atomic E-state index is 5.56. The number of nitrogens with one attached hydrogen (secondary N) is 2. The van der Waals surface area contributed by atoms with Gasteiger partial charge in [0.2, 0.25) is 0 Å². The van der Waals surface area contributed by atoms with Crippen LogP contribution in [0.3, 0.4) is 0 Å². The number of hydrogen-bond donors (Lipinski definition) is 2. The van der Waals surface area contributed by atoms with E-state index in [1.54, 1.807) is 21.3 Å². The third-order valence-corrected chi connectivity index (χ3v) is 4.84. The van der Waals surface area contributed by atoms with Gasteiger partial charge in [-0.15, -0.1) is 24.0 Å². The topological polar surface area (TPSA) is 64.1 Å². The van der Waals surface area contributed by atoms with Crippen molar-refractivity contribution in [2.75, 3.05) is 41.0 Å². The van der Waals surface area contributed by atoms with Crippen LogP contribution in [0.2, 0.25) is 0 Å². The highest BCUT2D eigenvalue weighted by atomic mass is 127. The second-order valence-corrected chi connectivity index (χ2v) is 6.66. The van der Waals surface area contributed by atoms with Crippen molar-refractivity contribution in [2.45, 2.75) is 19.3 Å². The first-order valence-electron chi connectivity index (χ1n) is 9.63. The summed E-state index contributed by atoms with van der Waals surface area (Å²) in [7, 11) is 5.09. The Balaban J connectivity index is 0.00000300. The van der Waals surface area contributed by atoms with E-state index in [0.717, 1.165) is 62.2 Å². The Labute approximate surface area is 190 Å². The molecular weight excluding hydrogens is 481 g/mol. The number of nitrogens with zero attached hydrogens (tertiary/aromatic N) is 1. The summed E-state index contributed by atoms with van der Waals surface area (Å²) in [6.07, 6.45) is 2.82. The lowest BCUT2D eigenvalue weighted by Gasteiger charge is -2.13. The Bertz CT molecular complexity index is 827. The summed E-state index contributed by atoms with van der Waals surface area (Å²) < 4.78 is 16.2. The fourth-order valence-corrected chi connectivity index (χ4v) is 3.30. The molecule has 0 fully saturated rings. The van der Waals surface area contributed by atoms with Gasteiger partial charge in [-0.05, 0) is 47.7 Å². The van der Waals surface area contributed by atoms with Crippen LogP contribution in [-0.2, 0) is 19.3 Å². The van der Waals surface area contributed by atoms with E-state index in [9.17, 15) is 0 Å². The van der Waals surface area contributed by atoms with E-state index in [1.165, 1.54) is 16.7 Å². The predicted octanol–water partition coefficient (Wildman–Crippen LogP) is 3.21. The summed E-state index contributed by atoms with van der Waals surface area (Å²) in [6.45, 7) is 2.41. The summed E-state index contributed by atoms with van der Waals surface area (Å²) in [5.41, 5.74) is 3.81. The summed E-state index contributed by atoms with van der Waals surface area (Å²) in [5.74, 6) is 3.34. The minimum Gasteiger partial charge on any atom is -0.493 e. The van der Waals surface area contributed by atoms with Gasteiger partial charge in [0.05, 0.1) is 20.8 Å². The van der Waals surface area contributed by atoms with Crippen LogP contribution in [0.5, 0.6) is 17.2 Å². The number of guanidine groups is 1. The second kappa shape index (κ2) is 11.7. The Morgan fingerprint density at radius 2 is 1.62 bits per heavy atom. The highest BCUT2D eigenvalue weighted by Crippen LogP contribution is 2.27. The average Bonchev–Trinajstić information content (AvgIpc) is 3.20. The van der Waals surface area contributed by atoms with E-state index < -0.39 is 0 Å². The summed E-state index contributed by atoms with van der Waals surface area (Å²) in [5, 5.41) is 6.73. The fraction of sp³-hybridized carbons (Fsp3) is 0.409. The summed E-state index contributed by atoms with van der Waals surface area (Å²) in [6, 6.07) is 12.5. The zero-order chi connectivity index (χ0) is 19.8. The highest BCUT2D eigenvalue weighted by molar-refractivity contribution is 14.0. The third-order valence-electron chi connectivity index (χ3n) is 4.84. The molecule has 0 unspecified atom stereocenters. The maximum Gasteiger partial charge on any atom is 0.190 e. The van der Waals surface area contributed by atoms with Crippen LogP contribution < -0.4 is 24.8 Å². The molecule has 0 saturated carbocycles. The number of benzene rings is 2. The Hall–Kier alpha value is -2.16. The number of hydrogen-bond acceptors (Lipinski definition) is 4. The van der Waals surface area contributed by atoms with Crippen LogP contribution in [0.25, 0.3) is 0 Å². The largest absolute Gasteiger partial charge is 0.493 e. The van der Waals surface area contributed by atoms with Gasteiger partial charge < -0.3 is 24.8 Å². The first kappa shape index (κ1) is 23.1. The molecule has 1 aliphatic rings. The van der Waals surface area contributed by atoms with Crippen LogP contribution in [-0.4, -0.2) is 46.9 Å². The molecule has 6 nitrogen and oxygen atoms in total. The lowest BCUT2D eigenvalue weighted by Crippen LogP contribution is -2.39. The van der Waals surface area contributed by atoms with Crippen molar-refractivity contribution in [2.24, 2.45) is 4.99 Å². The smallest absolute Gasteiger partial charge is 0.190 e. The molecule has 1 heterocycles. The third kappa shape index (κ3) is 6.42. The van der Waals surface area contributed by atoms with Gasteiger partial charge in [-0.1, -0.05) is 18.2 Å². The number of aliphatic imine (C=N–C) groups is 1. The molecule has 0 spiro atoms. The Kier molecular flexibility index (Phi) is 9.37. The van der Waals surface area contributed by atoms with Gasteiger partial charge in [-0.3, -0.25) is 4.99 Å². The molecule has 7 heteroatoms. The van der Waals surface area contributed by atoms with Gasteiger partial charge in [0, 0.05) is 26.6 Å². The molecule has 0 radical (unpaired) electrons. The zero-order valence-electron chi connectivity index (χ0n) is 17.3. The van der Waals surface area contributed by atoms with Crippen molar-refractivity contribution in [1.29, 1.82) is 0 Å². The van der Waals surface area contributed by atoms with Crippen LogP contribution in [0.4, 0.5) is 0 Å². The minimum atomic E-state index is 0. The predicted molar refractivity (Wildman–Crippen MR) is 127 cm³/mol. The molecule has 1 aliphatic heterocycles. The SMILES string of the molecule is CN=C(NCCc1ccc2c(c1)CCO2)NCCc1ccc(OC)c(OC)c1.I. The molecule has 0 amide bonds. The van der Waals surface area contributed by atoms with Gasteiger partial charge in [-0.25, -0.2) is 0 Å². The monoisotopic (exact) mass is 511 g/mol. The molecule has 0 aliphatic carbocycles. The van der Waals surface area contributed by atoms with Gasteiger partial charge >= 0.3 is 0 Å². The lowest BCUT2D eigenvalue weighted by atomic mass is 10.1. The zero-order valence-corrected chi connectivity index (χ0v) is 19.6. The van der Waals surface area contributed by atoms with E-state index in [4.69, 9.17) is 14.2 Å². The Morgan fingerprint density at radius 3 is 2.28 bits per heavy atom. The normalized spacial score (nSPS) is 12.4. The highest BCUT2D eigenvalue weighted by Gasteiger charge is 2.11. The molecule has 0 saturated heterocycles. The average molecular weight is 511 g/mol. The van der Waals surface area contributed by atoms with Crippen molar-refractivity contribution in [3.63, 3.8) is 0 Å². The number of methoxy groups -OCH3 is 2. The number of ether oxygens (including phenoxy) is 3. The molecule has 2 aromatic rings. The molecule has 2 N–H and O–H groups in total. The van der Waals surface area contributed by atoms with Gasteiger partial charge in [0.1, 0.15) is 5.75 Å². The van der Waals surface area contributed by atoms with Crippen molar-refractivity contribution >= 4 is 29.9 Å². The van der Waals surface area contributed by atoms with Crippen molar-refractivity contribution in [3.8, 4) is 17.2 Å². The molecule has 0 bridgehead atoms. The first-order chi connectivity index (χ1) is 13.7. The van der Waals surface area contributed by atoms with Crippen LogP contribution in [0, 0.1) is 0 Å². The summed E-state index contributed by atoms with van der Waals surface area (Å²) in [4.78, 5) is 4.30. The van der Waals surface area contributed by atoms with Crippen LogP contribution in [0.15, 0.2) is 41.4 Å². The van der Waals surface area contributed by atoms with E-state index in [-0.39, 0.29) is 24.0 Å². The van der Waals surface area contributed by atoms with E-state index >= 15 is 0 Å². The second-order valence-electron chi connectivity index (χ2n) is 6.66. The number of fused-ring (bicyclic) bond motifs is 1. The van der Waals surface area contributed by atoms with E-state index in [2.05, 4.69) is 39.9 Å². The maximum atomic E-state index is 5.56. The van der Waals surface area contributed by atoms with Gasteiger partial charge in [0.15, 0.2) is 17.5 Å². The van der Waals surface area contributed by atoms with Crippen LogP contribution >= 0.6 is 24.0 Å². The first-order valence-corrected chi connectivity index (χ1v) is 9.63. The molecular formula is C22H30IN3O3. The molecule has 158 valence electrons. The fourth-order valence-electron chi connectivity index (χ4n) is 3.30. The standard InChI is InChI=1S/C22H29N3O3.HI/c1-23-22(24-11-8-16-4-6-19-18(14-16)10-13-28-19)25-12-9-17-5-7-20(26-2)21(15-17)27-3;/h4-7,14-15H,8-13H2,1-3H3,(H2,23,24,25);1H. The minimum absolute atomic E-state index is 0. The van der Waals surface area contributed by atoms with Crippen molar-refractivity contribution < 1.29 is 14.2 Å². The van der Waals surface area contributed by atoms with E-state index in [1.807, 2.05) is 12.1 Å². The van der Waals surface area contributed by atoms with Crippen molar-refractivity contribution in [1.82, 2.24) is 10.6 Å². The van der Waals surface area contributed by atoms with Crippen LogP contribution in [0.1, 0.15) is 16.7 Å². The van der Waals surface area contributed by atoms with Gasteiger partial charge in [0.25, 0.3) is 0 Å². The molecule has 0 aromatic heterocycles.